The quantitative estimate of drug-likeness (QED) is 0.189. The topological polar surface area (TPSA) is 240 Å². The van der Waals surface area contributed by atoms with Crippen molar-refractivity contribution in [2.45, 2.75) is 6.10 Å². The Bertz CT molecular complexity index is 1340. The Morgan fingerprint density at radius 1 is 0.930 bits per heavy atom. The van der Waals surface area contributed by atoms with Crippen LogP contribution >= 0.6 is 0 Å². The number of nitrogens with one attached hydrogen (secondary N) is 1. The van der Waals surface area contributed by atoms with Gasteiger partial charge in [-0.1, -0.05) is 0 Å². The molecule has 43 heavy (non-hydrogen) atoms. The molecule has 0 spiro atoms. The number of benzene rings is 1. The number of aliphatic hydroxyl groups is 1. The number of pyridine rings is 1. The molecular weight excluding hydrogens is 572 g/mol. The molecule has 6 N–H and O–H groups in total. The first kappa shape index (κ1) is 34.1. The molecule has 16 heteroatoms. The average molecular weight is 605 g/mol. The van der Waals surface area contributed by atoms with Gasteiger partial charge in [0.25, 0.3) is 5.91 Å². The number of carbonyl (C=O) groups excluding carboxylic acids is 1. The standard InChI is InChI=1S/C23H28N4O4.2C2H2O4/c1-30-17-4-5-20-19(15-17)18(6-7-24-20)21(28)16-27-12-10-26(11-13-27)9-8-25-23(29)22-3-2-14-31-22;2*3-1(4)2(5)6/h2-7,14-15,21,28H,8-13,16H2,1H3,(H,25,29);2*(H,3,4)(H,5,6)/t21-;;/m0../s1. The average Bonchev–Trinajstić information content (AvgIpc) is 3.53. The van der Waals surface area contributed by atoms with Gasteiger partial charge in [0.15, 0.2) is 5.76 Å². The summed E-state index contributed by atoms with van der Waals surface area (Å²) in [6.45, 7) is 5.47. The van der Waals surface area contributed by atoms with Crippen LogP contribution in [0.1, 0.15) is 22.2 Å². The minimum atomic E-state index is -1.82. The van der Waals surface area contributed by atoms with Gasteiger partial charge < -0.3 is 40.0 Å². The lowest BCUT2D eigenvalue weighted by Gasteiger charge is -2.35. The second-order valence-corrected chi connectivity index (χ2v) is 8.90. The van der Waals surface area contributed by atoms with Gasteiger partial charge in [-0.2, -0.15) is 0 Å². The number of aliphatic hydroxyl groups excluding tert-OH is 1. The number of fused-ring (bicyclic) bond motifs is 1. The molecule has 232 valence electrons. The van der Waals surface area contributed by atoms with Gasteiger partial charge in [-0.15, -0.1) is 0 Å². The van der Waals surface area contributed by atoms with E-state index in [2.05, 4.69) is 20.1 Å². The summed E-state index contributed by atoms with van der Waals surface area (Å²) in [6, 6.07) is 10.9. The largest absolute Gasteiger partial charge is 0.497 e. The number of carboxylic acids is 4. The third kappa shape index (κ3) is 11.4. The van der Waals surface area contributed by atoms with Crippen molar-refractivity contribution in [3.63, 3.8) is 0 Å². The van der Waals surface area contributed by atoms with Crippen LogP contribution in [0.2, 0.25) is 0 Å². The highest BCUT2D eigenvalue weighted by Gasteiger charge is 2.21. The maximum atomic E-state index is 11.9. The second kappa shape index (κ2) is 17.0. The molecule has 1 saturated heterocycles. The number of ether oxygens (including phenoxy) is 1. The molecule has 0 saturated carbocycles. The highest BCUT2D eigenvalue weighted by atomic mass is 16.5. The van der Waals surface area contributed by atoms with Gasteiger partial charge in [0.05, 0.1) is 25.0 Å². The van der Waals surface area contributed by atoms with E-state index in [1.807, 2.05) is 24.3 Å². The maximum absolute atomic E-state index is 11.9. The zero-order chi connectivity index (χ0) is 31.9. The number of piperazine rings is 1. The van der Waals surface area contributed by atoms with Gasteiger partial charge in [-0.05, 0) is 42.0 Å². The molecule has 1 fully saturated rings. The lowest BCUT2D eigenvalue weighted by Crippen LogP contribution is -2.49. The Morgan fingerprint density at radius 3 is 2.07 bits per heavy atom. The molecule has 16 nitrogen and oxygen atoms in total. The third-order valence-electron chi connectivity index (χ3n) is 6.06. The molecule has 4 rings (SSSR count). The van der Waals surface area contributed by atoms with E-state index in [1.54, 1.807) is 25.4 Å². The molecular formula is C27H32N4O12. The number of nitrogens with zero attached hydrogens (tertiary/aromatic N) is 3. The zero-order valence-electron chi connectivity index (χ0n) is 23.1. The van der Waals surface area contributed by atoms with Crippen molar-refractivity contribution in [3.05, 3.63) is 60.2 Å². The van der Waals surface area contributed by atoms with Crippen LogP contribution in [0.25, 0.3) is 10.9 Å². The first-order valence-corrected chi connectivity index (χ1v) is 12.7. The van der Waals surface area contributed by atoms with Gasteiger partial charge >= 0.3 is 23.9 Å². The normalized spacial score (nSPS) is 13.8. The highest BCUT2D eigenvalue weighted by Crippen LogP contribution is 2.27. The maximum Gasteiger partial charge on any atom is 0.414 e. The van der Waals surface area contributed by atoms with Gasteiger partial charge in [-0.25, -0.2) is 19.2 Å². The first-order valence-electron chi connectivity index (χ1n) is 12.7. The Hall–Kier alpha value is -5.06. The Labute approximate surface area is 244 Å². The highest BCUT2D eigenvalue weighted by molar-refractivity contribution is 6.27. The van der Waals surface area contributed by atoms with Gasteiger partial charge in [0, 0.05) is 57.4 Å². The summed E-state index contributed by atoms with van der Waals surface area (Å²) >= 11 is 0. The number of amides is 1. The molecule has 3 heterocycles. The van der Waals surface area contributed by atoms with Crippen LogP contribution < -0.4 is 10.1 Å². The number of furan rings is 1. The second-order valence-electron chi connectivity index (χ2n) is 8.90. The molecule has 0 bridgehead atoms. The van der Waals surface area contributed by atoms with E-state index < -0.39 is 30.0 Å². The summed E-state index contributed by atoms with van der Waals surface area (Å²) < 4.78 is 10.4. The number of hydrogen-bond acceptors (Lipinski definition) is 11. The van der Waals surface area contributed by atoms with Crippen LogP contribution in [-0.4, -0.2) is 123 Å². The van der Waals surface area contributed by atoms with Crippen molar-refractivity contribution in [2.75, 3.05) is 52.9 Å². The SMILES string of the molecule is COc1ccc2nccc([C@@H](O)CN3CCN(CCNC(=O)c4ccco4)CC3)c2c1.O=C(O)C(=O)O.O=C(O)C(=O)O. The Kier molecular flexibility index (Phi) is 13.5. The lowest BCUT2D eigenvalue weighted by atomic mass is 10.0. The molecule has 0 aliphatic carbocycles. The Morgan fingerprint density at radius 2 is 1.53 bits per heavy atom. The molecule has 1 amide bonds. The minimum absolute atomic E-state index is 0.187. The molecule has 1 aliphatic rings. The number of rotatable bonds is 8. The summed E-state index contributed by atoms with van der Waals surface area (Å²) in [4.78, 5) is 57.3. The van der Waals surface area contributed by atoms with E-state index in [1.165, 1.54) is 6.26 Å². The summed E-state index contributed by atoms with van der Waals surface area (Å²) in [5.41, 5.74) is 1.71. The van der Waals surface area contributed by atoms with E-state index in [9.17, 15) is 9.90 Å². The summed E-state index contributed by atoms with van der Waals surface area (Å²) in [5.74, 6) is -6.40. The van der Waals surface area contributed by atoms with E-state index in [-0.39, 0.29) is 5.91 Å². The fraction of sp³-hybridized carbons (Fsp3) is 0.333. The zero-order valence-corrected chi connectivity index (χ0v) is 23.1. The van der Waals surface area contributed by atoms with Crippen LogP contribution in [0.4, 0.5) is 0 Å². The lowest BCUT2D eigenvalue weighted by molar-refractivity contribution is -0.159. The molecule has 3 aromatic rings. The first-order chi connectivity index (χ1) is 20.4. The monoisotopic (exact) mass is 604 g/mol. The summed E-state index contributed by atoms with van der Waals surface area (Å²) in [6.07, 6.45) is 2.63. The number of carbonyl (C=O) groups is 5. The van der Waals surface area contributed by atoms with Gasteiger partial charge in [-0.3, -0.25) is 19.6 Å². The Balaban J connectivity index is 0.000000455. The number of aliphatic carboxylic acids is 4. The van der Waals surface area contributed by atoms with Crippen LogP contribution in [0.3, 0.4) is 0 Å². The fourth-order valence-electron chi connectivity index (χ4n) is 3.92. The number of aromatic nitrogens is 1. The summed E-state index contributed by atoms with van der Waals surface area (Å²) in [5, 5.41) is 44.3. The number of hydrogen-bond donors (Lipinski definition) is 6. The molecule has 2 aromatic heterocycles. The summed E-state index contributed by atoms with van der Waals surface area (Å²) in [7, 11) is 1.63. The third-order valence-corrected chi connectivity index (χ3v) is 6.06. The van der Waals surface area contributed by atoms with Crippen LogP contribution in [0, 0.1) is 0 Å². The predicted octanol–water partition coefficient (Wildman–Crippen LogP) is 0.229. The molecule has 0 unspecified atom stereocenters. The smallest absolute Gasteiger partial charge is 0.414 e. The van der Waals surface area contributed by atoms with Gasteiger partial charge in [0.2, 0.25) is 0 Å². The molecule has 0 radical (unpaired) electrons. The molecule has 1 aromatic carbocycles. The van der Waals surface area contributed by atoms with Gasteiger partial charge in [0.1, 0.15) is 5.75 Å². The van der Waals surface area contributed by atoms with Crippen molar-refractivity contribution < 1.29 is 58.7 Å². The van der Waals surface area contributed by atoms with E-state index in [0.29, 0.717) is 18.8 Å². The fourth-order valence-corrected chi connectivity index (χ4v) is 3.92. The predicted molar refractivity (Wildman–Crippen MR) is 148 cm³/mol. The number of methoxy groups -OCH3 is 1. The van der Waals surface area contributed by atoms with Crippen molar-refractivity contribution in [3.8, 4) is 5.75 Å². The van der Waals surface area contributed by atoms with E-state index >= 15 is 0 Å². The van der Waals surface area contributed by atoms with Crippen LogP contribution in [0.15, 0.2) is 53.3 Å². The van der Waals surface area contributed by atoms with Crippen molar-refractivity contribution >= 4 is 40.7 Å². The van der Waals surface area contributed by atoms with Crippen molar-refractivity contribution in [2.24, 2.45) is 0 Å². The van der Waals surface area contributed by atoms with E-state index in [0.717, 1.165) is 54.9 Å². The van der Waals surface area contributed by atoms with Crippen LogP contribution in [-0.2, 0) is 19.2 Å². The van der Waals surface area contributed by atoms with Crippen LogP contribution in [0.5, 0.6) is 5.75 Å². The number of carboxylic acid groups (broad SMARTS) is 4. The van der Waals surface area contributed by atoms with Crippen molar-refractivity contribution in [1.82, 2.24) is 20.1 Å². The molecule has 1 aliphatic heterocycles. The van der Waals surface area contributed by atoms with Crippen molar-refractivity contribution in [1.29, 1.82) is 0 Å². The minimum Gasteiger partial charge on any atom is -0.497 e. The van der Waals surface area contributed by atoms with E-state index in [4.69, 9.17) is 48.8 Å². The molecule has 1 atom stereocenters. The number of β-amino-alcohol motifs (C(OH)–C–C–N with tert-alkyl or cyclic N) is 1.